The molecule has 0 radical (unpaired) electrons. The Morgan fingerprint density at radius 3 is 2.73 bits per heavy atom. The van der Waals surface area contributed by atoms with Crippen molar-refractivity contribution < 1.29 is 9.21 Å². The van der Waals surface area contributed by atoms with Gasteiger partial charge in [-0.25, -0.2) is 4.98 Å². The van der Waals surface area contributed by atoms with Crippen molar-refractivity contribution >= 4 is 51.6 Å². The van der Waals surface area contributed by atoms with Gasteiger partial charge in [0.15, 0.2) is 10.7 Å². The number of hydrogen-bond donors (Lipinski definition) is 2. The number of aromatic nitrogens is 1. The minimum absolute atomic E-state index is 0.185. The van der Waals surface area contributed by atoms with Crippen molar-refractivity contribution in [3.05, 3.63) is 82.4 Å². The van der Waals surface area contributed by atoms with E-state index in [9.17, 15) is 4.79 Å². The first kappa shape index (κ1) is 23.0. The molecule has 0 saturated heterocycles. The van der Waals surface area contributed by atoms with Gasteiger partial charge in [0.25, 0.3) is 5.91 Å². The van der Waals surface area contributed by atoms with Crippen molar-refractivity contribution in [2.75, 3.05) is 5.32 Å². The fourth-order valence-electron chi connectivity index (χ4n) is 3.41. The number of carbonyl (C=O) groups excluding carboxylic acids is 1. The molecule has 168 valence electrons. The fraction of sp³-hybridized carbons (Fsp3) is 0.192. The van der Waals surface area contributed by atoms with E-state index in [2.05, 4.69) is 41.6 Å². The molecule has 0 aliphatic rings. The Morgan fingerprint density at radius 2 is 1.97 bits per heavy atom. The van der Waals surface area contributed by atoms with E-state index < -0.39 is 0 Å². The van der Waals surface area contributed by atoms with Crippen LogP contribution in [0.2, 0.25) is 5.02 Å². The lowest BCUT2D eigenvalue weighted by Gasteiger charge is -2.10. The molecule has 0 aliphatic carbocycles. The summed E-state index contributed by atoms with van der Waals surface area (Å²) in [5.41, 5.74) is 5.68. The summed E-state index contributed by atoms with van der Waals surface area (Å²) in [6.45, 7) is 6.25. The third kappa shape index (κ3) is 5.24. The van der Waals surface area contributed by atoms with Crippen LogP contribution in [0, 0.1) is 6.92 Å². The molecule has 0 saturated carbocycles. The molecule has 1 heterocycles. The van der Waals surface area contributed by atoms with E-state index in [1.807, 2.05) is 37.3 Å². The normalized spacial score (nSPS) is 11.9. The number of fused-ring (bicyclic) bond motifs is 1. The lowest BCUT2D eigenvalue weighted by molar-refractivity contribution is 0.0977. The van der Waals surface area contributed by atoms with E-state index in [0.29, 0.717) is 28.1 Å². The quantitative estimate of drug-likeness (QED) is 0.300. The maximum Gasteiger partial charge on any atom is 0.257 e. The number of nitrogens with zero attached hydrogens (tertiary/aromatic N) is 1. The summed E-state index contributed by atoms with van der Waals surface area (Å²) in [5.74, 6) is 0.662. The maximum absolute atomic E-state index is 12.5. The largest absolute Gasteiger partial charge is 0.436 e. The second kappa shape index (κ2) is 9.73. The number of benzene rings is 3. The summed E-state index contributed by atoms with van der Waals surface area (Å²) in [5, 5.41) is 6.44. The minimum Gasteiger partial charge on any atom is -0.436 e. The van der Waals surface area contributed by atoms with Crippen LogP contribution >= 0.6 is 23.8 Å². The zero-order valence-electron chi connectivity index (χ0n) is 18.6. The van der Waals surface area contributed by atoms with Gasteiger partial charge in [0.05, 0.1) is 0 Å². The highest BCUT2D eigenvalue weighted by molar-refractivity contribution is 7.80. The van der Waals surface area contributed by atoms with Gasteiger partial charge in [-0.05, 0) is 85.1 Å². The molecule has 1 unspecified atom stereocenters. The molecule has 1 amide bonds. The predicted octanol–water partition coefficient (Wildman–Crippen LogP) is 7.10. The first-order valence-electron chi connectivity index (χ1n) is 10.7. The van der Waals surface area contributed by atoms with Crippen molar-refractivity contribution in [2.24, 2.45) is 0 Å². The van der Waals surface area contributed by atoms with Crippen molar-refractivity contribution in [2.45, 2.75) is 33.1 Å². The number of amides is 1. The van der Waals surface area contributed by atoms with Gasteiger partial charge in [0, 0.05) is 21.8 Å². The molecule has 3 aromatic carbocycles. The number of halogens is 1. The second-order valence-electron chi connectivity index (χ2n) is 8.01. The van der Waals surface area contributed by atoms with Crippen molar-refractivity contribution in [1.82, 2.24) is 10.3 Å². The van der Waals surface area contributed by atoms with E-state index >= 15 is 0 Å². The molecule has 0 aliphatic heterocycles. The third-order valence-electron chi connectivity index (χ3n) is 5.62. The van der Waals surface area contributed by atoms with Crippen LogP contribution in [0.25, 0.3) is 22.6 Å². The van der Waals surface area contributed by atoms with Crippen molar-refractivity contribution in [3.8, 4) is 11.5 Å². The predicted molar refractivity (Wildman–Crippen MR) is 138 cm³/mol. The zero-order chi connectivity index (χ0) is 23.5. The standard InChI is InChI=1S/C26H24ClN3O2S/c1-4-15(2)17-10-11-23-22(14-17)29-25(32-23)19-6-5-7-20(12-19)28-26(33)30-24(31)18-9-8-16(3)21(27)13-18/h5-15H,4H2,1-3H3,(H2,28,30,31,33). The summed E-state index contributed by atoms with van der Waals surface area (Å²) in [7, 11) is 0. The summed E-state index contributed by atoms with van der Waals surface area (Å²) in [4.78, 5) is 17.1. The molecule has 4 rings (SSSR count). The van der Waals surface area contributed by atoms with Gasteiger partial charge in [-0.15, -0.1) is 0 Å². The molecule has 0 spiro atoms. The first-order chi connectivity index (χ1) is 15.8. The highest BCUT2D eigenvalue weighted by Gasteiger charge is 2.13. The molecule has 0 fully saturated rings. The van der Waals surface area contributed by atoms with Crippen molar-refractivity contribution in [3.63, 3.8) is 0 Å². The smallest absolute Gasteiger partial charge is 0.257 e. The summed E-state index contributed by atoms with van der Waals surface area (Å²) < 4.78 is 5.97. The molecule has 4 aromatic rings. The number of thiocarbonyl (C=S) groups is 1. The highest BCUT2D eigenvalue weighted by Crippen LogP contribution is 2.29. The Kier molecular flexibility index (Phi) is 6.77. The molecule has 33 heavy (non-hydrogen) atoms. The average molecular weight is 478 g/mol. The fourth-order valence-corrected chi connectivity index (χ4v) is 3.80. The van der Waals surface area contributed by atoms with E-state index in [-0.39, 0.29) is 11.0 Å². The second-order valence-corrected chi connectivity index (χ2v) is 8.82. The number of hydrogen-bond acceptors (Lipinski definition) is 4. The molecule has 5 nitrogen and oxygen atoms in total. The van der Waals surface area contributed by atoms with Crippen molar-refractivity contribution in [1.29, 1.82) is 0 Å². The number of aryl methyl sites for hydroxylation is 1. The number of anilines is 1. The average Bonchev–Trinajstić information content (AvgIpc) is 3.24. The van der Waals surface area contributed by atoms with Crippen LogP contribution in [0.1, 0.15) is 47.7 Å². The minimum atomic E-state index is -0.332. The van der Waals surface area contributed by atoms with E-state index in [1.54, 1.807) is 18.2 Å². The topological polar surface area (TPSA) is 67.2 Å². The van der Waals surface area contributed by atoms with Gasteiger partial charge in [-0.1, -0.05) is 43.6 Å². The van der Waals surface area contributed by atoms with Crippen LogP contribution in [0.15, 0.2) is 65.1 Å². The van der Waals surface area contributed by atoms with Gasteiger partial charge in [0.1, 0.15) is 5.52 Å². The SMILES string of the molecule is CCC(C)c1ccc2oc(-c3cccc(NC(=S)NC(=O)c4ccc(C)c(Cl)c4)c3)nc2c1. The zero-order valence-corrected chi connectivity index (χ0v) is 20.2. The van der Waals surface area contributed by atoms with Crippen LogP contribution in [0.3, 0.4) is 0 Å². The van der Waals surface area contributed by atoms with Crippen LogP contribution in [-0.4, -0.2) is 16.0 Å². The van der Waals surface area contributed by atoms with Gasteiger partial charge in [0.2, 0.25) is 5.89 Å². The Labute approximate surface area is 203 Å². The maximum atomic E-state index is 12.5. The monoisotopic (exact) mass is 477 g/mol. The Bertz CT molecular complexity index is 1350. The summed E-state index contributed by atoms with van der Waals surface area (Å²) in [6.07, 6.45) is 1.07. The molecule has 7 heteroatoms. The van der Waals surface area contributed by atoms with Gasteiger partial charge >= 0.3 is 0 Å². The van der Waals surface area contributed by atoms with Crippen LogP contribution < -0.4 is 10.6 Å². The van der Waals surface area contributed by atoms with Gasteiger partial charge < -0.3 is 9.73 Å². The lowest BCUT2D eigenvalue weighted by Crippen LogP contribution is -2.34. The number of rotatable bonds is 5. The Hall–Kier alpha value is -3.22. The van der Waals surface area contributed by atoms with E-state index in [1.165, 1.54) is 5.56 Å². The lowest BCUT2D eigenvalue weighted by atomic mass is 9.98. The Morgan fingerprint density at radius 1 is 1.15 bits per heavy atom. The number of oxazole rings is 1. The highest BCUT2D eigenvalue weighted by atomic mass is 35.5. The number of carbonyl (C=O) groups is 1. The molecule has 0 bridgehead atoms. The Balaban J connectivity index is 1.49. The third-order valence-corrected chi connectivity index (χ3v) is 6.23. The molecular formula is C26H24ClN3O2S. The molecule has 1 atom stereocenters. The van der Waals surface area contributed by atoms with E-state index in [4.69, 9.17) is 28.2 Å². The van der Waals surface area contributed by atoms with Gasteiger partial charge in [-0.3, -0.25) is 10.1 Å². The molecule has 2 N–H and O–H groups in total. The summed E-state index contributed by atoms with van der Waals surface area (Å²) >= 11 is 11.4. The van der Waals surface area contributed by atoms with Crippen LogP contribution in [0.4, 0.5) is 5.69 Å². The molecular weight excluding hydrogens is 454 g/mol. The van der Waals surface area contributed by atoms with E-state index in [0.717, 1.165) is 28.6 Å². The first-order valence-corrected chi connectivity index (χ1v) is 11.5. The molecule has 1 aromatic heterocycles. The van der Waals surface area contributed by atoms with Gasteiger partial charge in [-0.2, -0.15) is 0 Å². The van der Waals surface area contributed by atoms with Crippen LogP contribution in [-0.2, 0) is 0 Å². The summed E-state index contributed by atoms with van der Waals surface area (Å²) in [6, 6.07) is 18.8. The van der Waals surface area contributed by atoms with Crippen LogP contribution in [0.5, 0.6) is 0 Å². The number of nitrogens with one attached hydrogen (secondary N) is 2.